The standard InChI is InChI=1S/C21H31N5O7/c1-3-11(2)18(26-17(29)10-22)20(31)24-14(9-16(23)28)19(30)25-15(21(32)33)8-12-4-6-13(27)7-5-12/h4-7,11,14-15,18,27H,3,8-10,22H2,1-2H3,(H2,23,28)(H,24,31)(H,25,30)(H,26,29)(H,32,33). The topological polar surface area (TPSA) is 214 Å². The van der Waals surface area contributed by atoms with Gasteiger partial charge in [0.25, 0.3) is 0 Å². The Morgan fingerprint density at radius 1 is 0.970 bits per heavy atom. The van der Waals surface area contributed by atoms with Crippen LogP contribution in [0, 0.1) is 5.92 Å². The van der Waals surface area contributed by atoms with E-state index in [4.69, 9.17) is 11.5 Å². The van der Waals surface area contributed by atoms with E-state index in [-0.39, 0.29) is 24.6 Å². The number of aromatic hydroxyl groups is 1. The third-order valence-electron chi connectivity index (χ3n) is 5.03. The number of carboxylic acid groups (broad SMARTS) is 1. The Morgan fingerprint density at radius 2 is 1.55 bits per heavy atom. The van der Waals surface area contributed by atoms with Gasteiger partial charge in [0, 0.05) is 6.42 Å². The fourth-order valence-electron chi connectivity index (χ4n) is 2.95. The van der Waals surface area contributed by atoms with Gasteiger partial charge in [-0.25, -0.2) is 4.79 Å². The van der Waals surface area contributed by atoms with Crippen LogP contribution >= 0.6 is 0 Å². The Labute approximate surface area is 191 Å². The molecule has 9 N–H and O–H groups in total. The first-order valence-corrected chi connectivity index (χ1v) is 10.4. The summed E-state index contributed by atoms with van der Waals surface area (Å²) in [5, 5.41) is 26.0. The van der Waals surface area contributed by atoms with Crippen LogP contribution in [0.3, 0.4) is 0 Å². The van der Waals surface area contributed by atoms with Crippen molar-refractivity contribution in [3.05, 3.63) is 29.8 Å². The van der Waals surface area contributed by atoms with Crippen LogP contribution in [0.4, 0.5) is 0 Å². The molecule has 0 bridgehead atoms. The SMILES string of the molecule is CCC(C)C(NC(=O)CN)C(=O)NC(CC(N)=O)C(=O)NC(Cc1ccc(O)cc1)C(=O)O. The molecule has 0 saturated carbocycles. The van der Waals surface area contributed by atoms with Gasteiger partial charge in [-0.2, -0.15) is 0 Å². The molecule has 0 aliphatic carbocycles. The average molecular weight is 466 g/mol. The second kappa shape index (κ2) is 13.0. The summed E-state index contributed by atoms with van der Waals surface area (Å²) < 4.78 is 0. The molecule has 4 unspecified atom stereocenters. The van der Waals surface area contributed by atoms with Crippen molar-refractivity contribution < 1.29 is 34.2 Å². The third kappa shape index (κ3) is 9.15. The summed E-state index contributed by atoms with van der Waals surface area (Å²) in [5.41, 5.74) is 11.0. The molecule has 33 heavy (non-hydrogen) atoms. The van der Waals surface area contributed by atoms with E-state index < -0.39 is 54.1 Å². The van der Waals surface area contributed by atoms with Crippen molar-refractivity contribution in [1.82, 2.24) is 16.0 Å². The number of hydrogen-bond donors (Lipinski definition) is 7. The second-order valence-corrected chi connectivity index (χ2v) is 7.64. The maximum atomic E-state index is 12.8. The number of carbonyl (C=O) groups is 5. The molecule has 12 nitrogen and oxygen atoms in total. The number of phenolic OH excluding ortho intramolecular Hbond substituents is 1. The van der Waals surface area contributed by atoms with Gasteiger partial charge < -0.3 is 37.6 Å². The number of carboxylic acids is 1. The molecule has 182 valence electrons. The van der Waals surface area contributed by atoms with Gasteiger partial charge in [-0.3, -0.25) is 19.2 Å². The van der Waals surface area contributed by atoms with Gasteiger partial charge in [0.2, 0.25) is 23.6 Å². The highest BCUT2D eigenvalue weighted by molar-refractivity contribution is 5.95. The van der Waals surface area contributed by atoms with E-state index in [1.54, 1.807) is 13.8 Å². The van der Waals surface area contributed by atoms with Crippen molar-refractivity contribution in [3.8, 4) is 5.75 Å². The molecule has 0 aliphatic heterocycles. The summed E-state index contributed by atoms with van der Waals surface area (Å²) >= 11 is 0. The van der Waals surface area contributed by atoms with Crippen molar-refractivity contribution in [2.75, 3.05) is 6.54 Å². The molecule has 0 heterocycles. The zero-order valence-electron chi connectivity index (χ0n) is 18.5. The highest BCUT2D eigenvalue weighted by atomic mass is 16.4. The minimum Gasteiger partial charge on any atom is -0.508 e. The van der Waals surface area contributed by atoms with Crippen LogP contribution in [0.25, 0.3) is 0 Å². The molecule has 1 rings (SSSR count). The molecule has 0 spiro atoms. The lowest BCUT2D eigenvalue weighted by molar-refractivity contribution is -0.142. The van der Waals surface area contributed by atoms with Crippen LogP contribution in [0.5, 0.6) is 5.75 Å². The number of nitrogens with one attached hydrogen (secondary N) is 3. The Bertz CT molecular complexity index is 859. The number of nitrogens with two attached hydrogens (primary N) is 2. The molecular weight excluding hydrogens is 434 g/mol. The van der Waals surface area contributed by atoms with Gasteiger partial charge in [0.05, 0.1) is 13.0 Å². The van der Waals surface area contributed by atoms with Crippen molar-refractivity contribution >= 4 is 29.6 Å². The summed E-state index contributed by atoms with van der Waals surface area (Å²) in [7, 11) is 0. The van der Waals surface area contributed by atoms with Crippen LogP contribution < -0.4 is 27.4 Å². The minimum absolute atomic E-state index is 0.00326. The molecule has 0 fully saturated rings. The summed E-state index contributed by atoms with van der Waals surface area (Å²) in [6.07, 6.45) is -0.175. The highest BCUT2D eigenvalue weighted by Crippen LogP contribution is 2.12. The first-order valence-electron chi connectivity index (χ1n) is 10.4. The predicted octanol–water partition coefficient (Wildman–Crippen LogP) is -1.65. The lowest BCUT2D eigenvalue weighted by Crippen LogP contribution is -2.58. The van der Waals surface area contributed by atoms with Gasteiger partial charge in [0.1, 0.15) is 23.9 Å². The summed E-state index contributed by atoms with van der Waals surface area (Å²) in [4.78, 5) is 60.4. The Kier molecular flexibility index (Phi) is 10.8. The summed E-state index contributed by atoms with van der Waals surface area (Å²) in [5.74, 6) is -4.80. The molecule has 0 aromatic heterocycles. The third-order valence-corrected chi connectivity index (χ3v) is 5.03. The molecular formula is C21H31N5O7. The van der Waals surface area contributed by atoms with Crippen molar-refractivity contribution in [2.45, 2.75) is 51.2 Å². The largest absolute Gasteiger partial charge is 0.508 e. The van der Waals surface area contributed by atoms with Gasteiger partial charge >= 0.3 is 5.97 Å². The Balaban J connectivity index is 3.01. The minimum atomic E-state index is -1.46. The Hall–Kier alpha value is -3.67. The number of aliphatic carboxylic acids is 1. The maximum Gasteiger partial charge on any atom is 0.326 e. The molecule has 0 aliphatic rings. The number of primary amides is 1. The summed E-state index contributed by atoms with van der Waals surface area (Å²) in [6.45, 7) is 3.17. The predicted molar refractivity (Wildman–Crippen MR) is 118 cm³/mol. The molecule has 0 saturated heterocycles. The zero-order chi connectivity index (χ0) is 25.1. The number of benzene rings is 1. The number of hydrogen-bond acceptors (Lipinski definition) is 7. The fraction of sp³-hybridized carbons (Fsp3) is 0.476. The quantitative estimate of drug-likeness (QED) is 0.179. The molecule has 12 heteroatoms. The normalized spacial score (nSPS) is 14.3. The summed E-state index contributed by atoms with van der Waals surface area (Å²) in [6, 6.07) is 1.87. The molecule has 1 aromatic carbocycles. The van der Waals surface area contributed by atoms with E-state index in [1.165, 1.54) is 24.3 Å². The van der Waals surface area contributed by atoms with Gasteiger partial charge in [-0.05, 0) is 23.6 Å². The van der Waals surface area contributed by atoms with Crippen LogP contribution in [0.2, 0.25) is 0 Å². The lowest BCUT2D eigenvalue weighted by atomic mass is 9.97. The number of carbonyl (C=O) groups excluding carboxylic acids is 4. The van der Waals surface area contributed by atoms with Crippen LogP contribution in [-0.4, -0.2) is 64.5 Å². The first kappa shape index (κ1) is 27.4. The van der Waals surface area contributed by atoms with E-state index in [9.17, 15) is 34.2 Å². The van der Waals surface area contributed by atoms with Crippen LogP contribution in [0.1, 0.15) is 32.3 Å². The monoisotopic (exact) mass is 465 g/mol. The first-order chi connectivity index (χ1) is 15.5. The average Bonchev–Trinajstić information content (AvgIpc) is 2.76. The molecule has 4 atom stereocenters. The van der Waals surface area contributed by atoms with Crippen molar-refractivity contribution in [3.63, 3.8) is 0 Å². The van der Waals surface area contributed by atoms with E-state index in [2.05, 4.69) is 16.0 Å². The van der Waals surface area contributed by atoms with E-state index in [1.807, 2.05) is 0 Å². The van der Waals surface area contributed by atoms with E-state index in [0.29, 0.717) is 12.0 Å². The van der Waals surface area contributed by atoms with Crippen LogP contribution in [-0.2, 0) is 30.4 Å². The van der Waals surface area contributed by atoms with Gasteiger partial charge in [-0.15, -0.1) is 0 Å². The lowest BCUT2D eigenvalue weighted by Gasteiger charge is -2.26. The maximum absolute atomic E-state index is 12.8. The second-order valence-electron chi connectivity index (χ2n) is 7.64. The highest BCUT2D eigenvalue weighted by Gasteiger charge is 2.32. The van der Waals surface area contributed by atoms with E-state index >= 15 is 0 Å². The van der Waals surface area contributed by atoms with Crippen LogP contribution in [0.15, 0.2) is 24.3 Å². The molecule has 4 amide bonds. The van der Waals surface area contributed by atoms with Crippen molar-refractivity contribution in [1.29, 1.82) is 0 Å². The Morgan fingerprint density at radius 3 is 2.03 bits per heavy atom. The fourth-order valence-corrected chi connectivity index (χ4v) is 2.95. The smallest absolute Gasteiger partial charge is 0.326 e. The number of rotatable bonds is 13. The number of phenols is 1. The number of amides is 4. The zero-order valence-corrected chi connectivity index (χ0v) is 18.5. The van der Waals surface area contributed by atoms with E-state index in [0.717, 1.165) is 0 Å². The van der Waals surface area contributed by atoms with Crippen molar-refractivity contribution in [2.24, 2.45) is 17.4 Å². The molecule has 0 radical (unpaired) electrons. The molecule has 1 aromatic rings. The van der Waals surface area contributed by atoms with Gasteiger partial charge in [0.15, 0.2) is 0 Å². The van der Waals surface area contributed by atoms with Gasteiger partial charge in [-0.1, -0.05) is 32.4 Å².